The zero-order chi connectivity index (χ0) is 12.3. The van der Waals surface area contributed by atoms with E-state index >= 15 is 0 Å². The molecule has 0 saturated carbocycles. The van der Waals surface area contributed by atoms with Crippen molar-refractivity contribution < 1.29 is 4.39 Å². The SMILES string of the molecule is Cc1nc(Cc2ccccc2)nc(NN)c1F. The standard InChI is InChI=1S/C12H13FN4/c1-8-11(13)12(17-14)16-10(15-8)7-9-5-3-2-4-6-9/h2-6H,7,14H2,1H3,(H,15,16,17). The van der Waals surface area contributed by atoms with Crippen molar-refractivity contribution in [3.63, 3.8) is 0 Å². The number of benzene rings is 1. The number of aromatic nitrogens is 2. The molecule has 2 rings (SSSR count). The maximum absolute atomic E-state index is 13.5. The van der Waals surface area contributed by atoms with Crippen LogP contribution in [-0.4, -0.2) is 9.97 Å². The molecule has 0 aliphatic carbocycles. The zero-order valence-corrected chi connectivity index (χ0v) is 9.44. The van der Waals surface area contributed by atoms with E-state index in [0.717, 1.165) is 5.56 Å². The van der Waals surface area contributed by atoms with Crippen molar-refractivity contribution in [3.8, 4) is 0 Å². The third-order valence-electron chi connectivity index (χ3n) is 2.40. The number of halogens is 1. The topological polar surface area (TPSA) is 63.8 Å². The van der Waals surface area contributed by atoms with Gasteiger partial charge in [0.2, 0.25) is 0 Å². The van der Waals surface area contributed by atoms with Gasteiger partial charge in [0, 0.05) is 6.42 Å². The number of nitrogens with zero attached hydrogens (tertiary/aromatic N) is 2. The van der Waals surface area contributed by atoms with Gasteiger partial charge < -0.3 is 5.43 Å². The summed E-state index contributed by atoms with van der Waals surface area (Å²) in [6.07, 6.45) is 0.552. The molecule has 0 unspecified atom stereocenters. The predicted molar refractivity (Wildman–Crippen MR) is 63.8 cm³/mol. The van der Waals surface area contributed by atoms with Gasteiger partial charge in [-0.05, 0) is 12.5 Å². The summed E-state index contributed by atoms with van der Waals surface area (Å²) in [5.74, 6) is 5.27. The zero-order valence-electron chi connectivity index (χ0n) is 9.44. The van der Waals surface area contributed by atoms with Gasteiger partial charge >= 0.3 is 0 Å². The second kappa shape index (κ2) is 4.88. The molecule has 1 aromatic heterocycles. The third-order valence-corrected chi connectivity index (χ3v) is 2.40. The Morgan fingerprint density at radius 3 is 2.59 bits per heavy atom. The molecule has 0 saturated heterocycles. The van der Waals surface area contributed by atoms with Crippen LogP contribution in [-0.2, 0) is 6.42 Å². The second-order valence-electron chi connectivity index (χ2n) is 3.69. The summed E-state index contributed by atoms with van der Waals surface area (Å²) >= 11 is 0. The van der Waals surface area contributed by atoms with E-state index in [1.807, 2.05) is 30.3 Å². The van der Waals surface area contributed by atoms with E-state index in [9.17, 15) is 4.39 Å². The van der Waals surface area contributed by atoms with E-state index in [1.54, 1.807) is 6.92 Å². The molecule has 0 fully saturated rings. The Bertz CT molecular complexity index is 513. The number of anilines is 1. The number of rotatable bonds is 3. The minimum atomic E-state index is -0.510. The van der Waals surface area contributed by atoms with Gasteiger partial charge in [-0.15, -0.1) is 0 Å². The highest BCUT2D eigenvalue weighted by Gasteiger charge is 2.10. The highest BCUT2D eigenvalue weighted by atomic mass is 19.1. The molecule has 1 heterocycles. The summed E-state index contributed by atoms with van der Waals surface area (Å²) in [6, 6.07) is 9.75. The van der Waals surface area contributed by atoms with Crippen LogP contribution in [0.15, 0.2) is 30.3 Å². The lowest BCUT2D eigenvalue weighted by Gasteiger charge is -2.07. The molecule has 0 atom stereocenters. The predicted octanol–water partition coefficient (Wildman–Crippen LogP) is 1.80. The molecule has 88 valence electrons. The molecule has 0 amide bonds. The van der Waals surface area contributed by atoms with E-state index < -0.39 is 5.82 Å². The summed E-state index contributed by atoms with van der Waals surface area (Å²) in [6.45, 7) is 1.59. The summed E-state index contributed by atoms with van der Waals surface area (Å²) < 4.78 is 13.5. The number of aryl methyl sites for hydroxylation is 1. The van der Waals surface area contributed by atoms with Gasteiger partial charge in [-0.1, -0.05) is 30.3 Å². The first kappa shape index (κ1) is 11.5. The number of nitrogen functional groups attached to an aromatic ring is 1. The Morgan fingerprint density at radius 2 is 1.94 bits per heavy atom. The molecule has 4 nitrogen and oxygen atoms in total. The summed E-state index contributed by atoms with van der Waals surface area (Å²) in [5.41, 5.74) is 3.60. The fraction of sp³-hybridized carbons (Fsp3) is 0.167. The van der Waals surface area contributed by atoms with Crippen LogP contribution < -0.4 is 11.3 Å². The number of nitrogens with one attached hydrogen (secondary N) is 1. The van der Waals surface area contributed by atoms with Crippen molar-refractivity contribution in [3.05, 3.63) is 53.2 Å². The molecule has 0 bridgehead atoms. The Morgan fingerprint density at radius 1 is 1.24 bits per heavy atom. The molecular formula is C12H13FN4. The van der Waals surface area contributed by atoms with Gasteiger partial charge in [0.25, 0.3) is 0 Å². The molecule has 0 aliphatic rings. The van der Waals surface area contributed by atoms with Gasteiger partial charge in [-0.2, -0.15) is 0 Å². The second-order valence-corrected chi connectivity index (χ2v) is 3.69. The molecule has 1 aromatic carbocycles. The van der Waals surface area contributed by atoms with E-state index in [2.05, 4.69) is 15.4 Å². The average molecular weight is 232 g/mol. The van der Waals surface area contributed by atoms with Gasteiger partial charge in [0.05, 0.1) is 5.69 Å². The first-order valence-electron chi connectivity index (χ1n) is 5.24. The van der Waals surface area contributed by atoms with E-state index in [0.29, 0.717) is 17.9 Å². The molecule has 3 N–H and O–H groups in total. The Hall–Kier alpha value is -2.01. The van der Waals surface area contributed by atoms with Crippen molar-refractivity contribution in [1.29, 1.82) is 0 Å². The maximum Gasteiger partial charge on any atom is 0.187 e. The summed E-state index contributed by atoms with van der Waals surface area (Å²) in [5, 5.41) is 0. The fourth-order valence-corrected chi connectivity index (χ4v) is 1.57. The highest BCUT2D eigenvalue weighted by Crippen LogP contribution is 2.14. The van der Waals surface area contributed by atoms with Crippen molar-refractivity contribution in [2.45, 2.75) is 13.3 Å². The van der Waals surface area contributed by atoms with Crippen molar-refractivity contribution in [2.24, 2.45) is 5.84 Å². The van der Waals surface area contributed by atoms with Crippen LogP contribution in [0.1, 0.15) is 17.1 Å². The minimum absolute atomic E-state index is 0.0310. The first-order chi connectivity index (χ1) is 8.20. The monoisotopic (exact) mass is 232 g/mol. The fourth-order valence-electron chi connectivity index (χ4n) is 1.57. The Labute approximate surface area is 98.7 Å². The maximum atomic E-state index is 13.5. The molecule has 0 radical (unpaired) electrons. The van der Waals surface area contributed by atoms with Crippen molar-refractivity contribution in [1.82, 2.24) is 9.97 Å². The number of hydrogen-bond acceptors (Lipinski definition) is 4. The van der Waals surface area contributed by atoms with Crippen molar-refractivity contribution >= 4 is 5.82 Å². The molecule has 0 aliphatic heterocycles. The Kier molecular flexibility index (Phi) is 3.30. The third kappa shape index (κ3) is 2.57. The van der Waals surface area contributed by atoms with E-state index in [4.69, 9.17) is 5.84 Å². The molecular weight excluding hydrogens is 219 g/mol. The lowest BCUT2D eigenvalue weighted by atomic mass is 10.1. The quantitative estimate of drug-likeness (QED) is 0.625. The van der Waals surface area contributed by atoms with Crippen LogP contribution in [0.2, 0.25) is 0 Å². The normalized spacial score (nSPS) is 10.3. The van der Waals surface area contributed by atoms with E-state index in [-0.39, 0.29) is 5.82 Å². The first-order valence-corrected chi connectivity index (χ1v) is 5.24. The average Bonchev–Trinajstić information content (AvgIpc) is 2.35. The highest BCUT2D eigenvalue weighted by molar-refractivity contribution is 5.37. The molecule has 17 heavy (non-hydrogen) atoms. The number of hydrazine groups is 1. The summed E-state index contributed by atoms with van der Waals surface area (Å²) in [7, 11) is 0. The lowest BCUT2D eigenvalue weighted by Crippen LogP contribution is -2.14. The van der Waals surface area contributed by atoms with Crippen LogP contribution >= 0.6 is 0 Å². The van der Waals surface area contributed by atoms with Crippen LogP contribution in [0.25, 0.3) is 0 Å². The van der Waals surface area contributed by atoms with Crippen LogP contribution in [0.4, 0.5) is 10.2 Å². The van der Waals surface area contributed by atoms with Crippen molar-refractivity contribution in [2.75, 3.05) is 5.43 Å². The van der Waals surface area contributed by atoms with Gasteiger partial charge in [-0.3, -0.25) is 0 Å². The van der Waals surface area contributed by atoms with Crippen LogP contribution in [0.3, 0.4) is 0 Å². The smallest absolute Gasteiger partial charge is 0.187 e. The van der Waals surface area contributed by atoms with Crippen LogP contribution in [0.5, 0.6) is 0 Å². The van der Waals surface area contributed by atoms with Gasteiger partial charge in [0.1, 0.15) is 5.82 Å². The number of hydrogen-bond donors (Lipinski definition) is 2. The lowest BCUT2D eigenvalue weighted by molar-refractivity contribution is 0.601. The molecule has 2 aromatic rings. The largest absolute Gasteiger partial charge is 0.306 e. The molecule has 0 spiro atoms. The van der Waals surface area contributed by atoms with Crippen LogP contribution in [0, 0.1) is 12.7 Å². The molecule has 5 heteroatoms. The number of nitrogens with two attached hydrogens (primary N) is 1. The Balaban J connectivity index is 2.31. The van der Waals surface area contributed by atoms with Gasteiger partial charge in [0.15, 0.2) is 11.6 Å². The van der Waals surface area contributed by atoms with E-state index in [1.165, 1.54) is 0 Å². The van der Waals surface area contributed by atoms with Gasteiger partial charge in [-0.25, -0.2) is 20.2 Å². The summed E-state index contributed by atoms with van der Waals surface area (Å²) in [4.78, 5) is 8.12. The minimum Gasteiger partial charge on any atom is -0.306 e.